The van der Waals surface area contributed by atoms with Gasteiger partial charge in [0.05, 0.1) is 6.10 Å². The van der Waals surface area contributed by atoms with Crippen molar-refractivity contribution < 1.29 is 14.3 Å². The molecule has 25 heavy (non-hydrogen) atoms. The first kappa shape index (κ1) is 16.6. The summed E-state index contributed by atoms with van der Waals surface area (Å²) in [5, 5.41) is 3.05. The number of rotatable bonds is 4. The number of benzene rings is 1. The molecule has 4 nitrogen and oxygen atoms in total. The molecular formula is C21H27NO3. The van der Waals surface area contributed by atoms with E-state index in [1.165, 1.54) is 12.8 Å². The van der Waals surface area contributed by atoms with Crippen LogP contribution in [0.4, 0.5) is 5.69 Å². The molecule has 0 saturated heterocycles. The second-order valence-corrected chi connectivity index (χ2v) is 7.94. The van der Waals surface area contributed by atoms with Crippen LogP contribution >= 0.6 is 0 Å². The standard InChI is InChI=1S/C21H27NO3/c23-20-14-5-3-6-15(20)12-16(11-14)21(24)22-17-7-4-10-19(13-17)25-18-8-1-2-9-18/h4,7,10,13-16,18H,1-3,5-6,8-9,11-12H2,(H,22,24). The van der Waals surface area contributed by atoms with Crippen molar-refractivity contribution in [1.82, 2.24) is 0 Å². The molecule has 0 radical (unpaired) electrons. The zero-order valence-corrected chi connectivity index (χ0v) is 14.7. The lowest BCUT2D eigenvalue weighted by atomic mass is 9.67. The minimum absolute atomic E-state index is 0.0348. The number of carbonyl (C=O) groups is 2. The Labute approximate surface area is 149 Å². The van der Waals surface area contributed by atoms with Crippen molar-refractivity contribution in [2.45, 2.75) is 63.9 Å². The normalized spacial score (nSPS) is 29.4. The maximum absolute atomic E-state index is 12.7. The van der Waals surface area contributed by atoms with Crippen LogP contribution in [0.5, 0.6) is 5.75 Å². The summed E-state index contributed by atoms with van der Waals surface area (Å²) in [6, 6.07) is 7.72. The van der Waals surface area contributed by atoms with Gasteiger partial charge in [0.15, 0.2) is 0 Å². The van der Waals surface area contributed by atoms with E-state index in [0.717, 1.165) is 56.4 Å². The van der Waals surface area contributed by atoms with Crippen molar-refractivity contribution >= 4 is 17.4 Å². The van der Waals surface area contributed by atoms with Crippen LogP contribution in [0.15, 0.2) is 24.3 Å². The van der Waals surface area contributed by atoms with Crippen molar-refractivity contribution in [3.8, 4) is 5.75 Å². The number of fused-ring (bicyclic) bond motifs is 2. The number of hydrogen-bond donors (Lipinski definition) is 1. The van der Waals surface area contributed by atoms with E-state index in [9.17, 15) is 9.59 Å². The van der Waals surface area contributed by atoms with E-state index in [-0.39, 0.29) is 23.7 Å². The summed E-state index contributed by atoms with van der Waals surface area (Å²) in [7, 11) is 0. The van der Waals surface area contributed by atoms with Gasteiger partial charge in [-0.25, -0.2) is 0 Å². The first-order valence-corrected chi connectivity index (χ1v) is 9.80. The van der Waals surface area contributed by atoms with Crippen LogP contribution in [0.3, 0.4) is 0 Å². The van der Waals surface area contributed by atoms with Crippen LogP contribution in [0, 0.1) is 17.8 Å². The molecule has 1 aromatic carbocycles. The van der Waals surface area contributed by atoms with Gasteiger partial charge in [-0.05, 0) is 63.5 Å². The molecule has 2 atom stereocenters. The van der Waals surface area contributed by atoms with Crippen LogP contribution in [0.2, 0.25) is 0 Å². The maximum Gasteiger partial charge on any atom is 0.227 e. The smallest absolute Gasteiger partial charge is 0.227 e. The molecule has 3 saturated carbocycles. The Hall–Kier alpha value is -1.84. The third-order valence-electron chi connectivity index (χ3n) is 6.13. The van der Waals surface area contributed by atoms with Crippen molar-refractivity contribution in [1.29, 1.82) is 0 Å². The van der Waals surface area contributed by atoms with E-state index in [2.05, 4.69) is 5.32 Å². The summed E-state index contributed by atoms with van der Waals surface area (Å²) < 4.78 is 6.02. The van der Waals surface area contributed by atoms with Gasteiger partial charge in [-0.1, -0.05) is 12.5 Å². The quantitative estimate of drug-likeness (QED) is 0.886. The maximum atomic E-state index is 12.7. The number of ketones is 1. The van der Waals surface area contributed by atoms with Crippen LogP contribution in [0.1, 0.15) is 57.8 Å². The van der Waals surface area contributed by atoms with E-state index >= 15 is 0 Å². The van der Waals surface area contributed by atoms with Gasteiger partial charge in [0, 0.05) is 29.5 Å². The van der Waals surface area contributed by atoms with Crippen molar-refractivity contribution in [3.05, 3.63) is 24.3 Å². The first-order valence-electron chi connectivity index (χ1n) is 9.80. The van der Waals surface area contributed by atoms with Gasteiger partial charge in [-0.3, -0.25) is 9.59 Å². The third kappa shape index (κ3) is 3.73. The molecule has 0 heterocycles. The summed E-state index contributed by atoms with van der Waals surface area (Å²) >= 11 is 0. The number of hydrogen-bond acceptors (Lipinski definition) is 3. The Morgan fingerprint density at radius 3 is 2.44 bits per heavy atom. The molecular weight excluding hydrogens is 314 g/mol. The van der Waals surface area contributed by atoms with Gasteiger partial charge in [0.2, 0.25) is 5.91 Å². The fraction of sp³-hybridized carbons (Fsp3) is 0.619. The molecule has 2 unspecified atom stereocenters. The highest BCUT2D eigenvalue weighted by Crippen LogP contribution is 2.40. The van der Waals surface area contributed by atoms with Crippen LogP contribution < -0.4 is 10.1 Å². The summed E-state index contributed by atoms with van der Waals surface area (Å²) in [6.07, 6.45) is 9.54. The Kier molecular flexibility index (Phi) is 4.78. The van der Waals surface area contributed by atoms with E-state index in [1.807, 2.05) is 24.3 Å². The molecule has 4 heteroatoms. The van der Waals surface area contributed by atoms with Crippen molar-refractivity contribution in [3.63, 3.8) is 0 Å². The molecule has 1 amide bonds. The zero-order valence-electron chi connectivity index (χ0n) is 14.7. The molecule has 3 aliphatic carbocycles. The first-order chi connectivity index (χ1) is 12.2. The van der Waals surface area contributed by atoms with Crippen LogP contribution in [-0.2, 0) is 9.59 Å². The number of nitrogens with one attached hydrogen (secondary N) is 1. The van der Waals surface area contributed by atoms with Gasteiger partial charge < -0.3 is 10.1 Å². The van der Waals surface area contributed by atoms with E-state index < -0.39 is 0 Å². The van der Waals surface area contributed by atoms with Gasteiger partial charge in [-0.2, -0.15) is 0 Å². The van der Waals surface area contributed by atoms with E-state index in [0.29, 0.717) is 11.9 Å². The third-order valence-corrected chi connectivity index (χ3v) is 6.13. The Morgan fingerprint density at radius 2 is 1.72 bits per heavy atom. The van der Waals surface area contributed by atoms with E-state index in [1.54, 1.807) is 0 Å². The largest absolute Gasteiger partial charge is 0.490 e. The lowest BCUT2D eigenvalue weighted by Gasteiger charge is -2.36. The minimum Gasteiger partial charge on any atom is -0.490 e. The van der Waals surface area contributed by atoms with Gasteiger partial charge in [0.25, 0.3) is 0 Å². The van der Waals surface area contributed by atoms with Crippen molar-refractivity contribution in [2.24, 2.45) is 17.8 Å². The fourth-order valence-electron chi connectivity index (χ4n) is 4.78. The second-order valence-electron chi connectivity index (χ2n) is 7.94. The number of carbonyl (C=O) groups excluding carboxylic acids is 2. The molecule has 0 aliphatic heterocycles. The number of amides is 1. The van der Waals surface area contributed by atoms with Crippen molar-refractivity contribution in [2.75, 3.05) is 5.32 Å². The van der Waals surface area contributed by atoms with Gasteiger partial charge >= 0.3 is 0 Å². The lowest BCUT2D eigenvalue weighted by Crippen LogP contribution is -2.40. The lowest BCUT2D eigenvalue weighted by molar-refractivity contribution is -0.136. The number of ether oxygens (including phenoxy) is 1. The Balaban J connectivity index is 1.38. The highest BCUT2D eigenvalue weighted by molar-refractivity contribution is 5.95. The minimum atomic E-state index is -0.0348. The molecule has 3 fully saturated rings. The molecule has 3 aliphatic rings. The summed E-state index contributed by atoms with van der Waals surface area (Å²) in [6.45, 7) is 0. The molecule has 134 valence electrons. The van der Waals surface area contributed by atoms with Crippen LogP contribution in [-0.4, -0.2) is 17.8 Å². The highest BCUT2D eigenvalue weighted by Gasteiger charge is 2.41. The predicted octanol–water partition coefficient (Wildman–Crippen LogP) is 4.34. The summed E-state index contributed by atoms with van der Waals surface area (Å²) in [5.74, 6) is 1.48. The Morgan fingerprint density at radius 1 is 1.00 bits per heavy atom. The topological polar surface area (TPSA) is 55.4 Å². The molecule has 1 aromatic rings. The summed E-state index contributed by atoms with van der Waals surface area (Å²) in [5.41, 5.74) is 0.794. The Bertz CT molecular complexity index is 634. The van der Waals surface area contributed by atoms with Gasteiger partial charge in [-0.15, -0.1) is 0 Å². The monoisotopic (exact) mass is 341 g/mol. The average Bonchev–Trinajstić information content (AvgIpc) is 3.08. The molecule has 1 N–H and O–H groups in total. The van der Waals surface area contributed by atoms with Gasteiger partial charge in [0.1, 0.15) is 11.5 Å². The zero-order chi connectivity index (χ0) is 17.2. The number of anilines is 1. The molecule has 0 aromatic heterocycles. The second kappa shape index (κ2) is 7.19. The number of Topliss-reactive ketones (excluding diaryl/α,β-unsaturated/α-hetero) is 1. The molecule has 2 bridgehead atoms. The molecule has 0 spiro atoms. The predicted molar refractivity (Wildman–Crippen MR) is 96.5 cm³/mol. The average molecular weight is 341 g/mol. The fourth-order valence-corrected chi connectivity index (χ4v) is 4.78. The van der Waals surface area contributed by atoms with Crippen LogP contribution in [0.25, 0.3) is 0 Å². The SMILES string of the molecule is O=C(Nc1cccc(OC2CCCC2)c1)C1CC2CCCC(C1)C2=O. The van der Waals surface area contributed by atoms with E-state index in [4.69, 9.17) is 4.74 Å². The highest BCUT2D eigenvalue weighted by atomic mass is 16.5. The summed E-state index contributed by atoms with van der Waals surface area (Å²) in [4.78, 5) is 24.9. The molecule has 4 rings (SSSR count).